The maximum absolute atomic E-state index is 11.9. The maximum atomic E-state index is 11.9. The van der Waals surface area contributed by atoms with Gasteiger partial charge in [-0.3, -0.25) is 9.59 Å². The van der Waals surface area contributed by atoms with Crippen molar-refractivity contribution in [2.75, 3.05) is 13.1 Å². The number of hydrogen-bond acceptors (Lipinski definition) is 5. The van der Waals surface area contributed by atoms with Crippen LogP contribution >= 0.6 is 0 Å². The van der Waals surface area contributed by atoms with E-state index in [1.807, 2.05) is 6.92 Å². The van der Waals surface area contributed by atoms with Crippen molar-refractivity contribution in [1.29, 1.82) is 0 Å². The highest BCUT2D eigenvalue weighted by Crippen LogP contribution is 2.29. The summed E-state index contributed by atoms with van der Waals surface area (Å²) in [4.78, 5) is 34.9. The Bertz CT molecular complexity index is 457. The molecular weight excluding hydrogens is 238 g/mol. The summed E-state index contributed by atoms with van der Waals surface area (Å²) >= 11 is 0. The molecule has 0 radical (unpaired) electrons. The summed E-state index contributed by atoms with van der Waals surface area (Å²) in [7, 11) is 0. The van der Waals surface area contributed by atoms with Crippen LogP contribution < -0.4 is 5.73 Å². The molecule has 2 aliphatic rings. The number of carbonyl (C=O) groups is 3. The number of nitrogens with zero attached hydrogens (tertiary/aromatic N) is 2. The Hall–Kier alpha value is -1.73. The second kappa shape index (κ2) is 4.51. The number of aliphatic carboxylic acids is 1. The third-order valence-electron chi connectivity index (χ3n) is 3.07. The monoisotopic (exact) mass is 253 g/mol. The Labute approximate surface area is 104 Å². The van der Waals surface area contributed by atoms with Gasteiger partial charge in [-0.1, -0.05) is 6.92 Å². The fourth-order valence-electron chi connectivity index (χ4n) is 2.27. The summed E-state index contributed by atoms with van der Waals surface area (Å²) in [5.41, 5.74) is 5.55. The van der Waals surface area contributed by atoms with Gasteiger partial charge < -0.3 is 10.8 Å². The van der Waals surface area contributed by atoms with Crippen LogP contribution in [0.1, 0.15) is 19.8 Å². The normalized spacial score (nSPS) is 23.8. The van der Waals surface area contributed by atoms with Crippen LogP contribution in [0, 0.1) is 0 Å². The van der Waals surface area contributed by atoms with Crippen LogP contribution in [-0.2, 0) is 14.4 Å². The first-order chi connectivity index (χ1) is 8.47. The van der Waals surface area contributed by atoms with Crippen LogP contribution in [-0.4, -0.2) is 51.9 Å². The zero-order chi connectivity index (χ0) is 13.4. The number of carbonyl (C=O) groups excluding carboxylic acids is 2. The van der Waals surface area contributed by atoms with Crippen molar-refractivity contribution in [1.82, 2.24) is 10.0 Å². The molecule has 2 aliphatic heterocycles. The van der Waals surface area contributed by atoms with Gasteiger partial charge in [-0.25, -0.2) is 14.8 Å². The number of carboxylic acids is 1. The number of hydrogen-bond donors (Lipinski definition) is 2. The van der Waals surface area contributed by atoms with E-state index in [0.717, 1.165) is 5.01 Å². The summed E-state index contributed by atoms with van der Waals surface area (Å²) in [6.45, 7) is 2.24. The highest BCUT2D eigenvalue weighted by molar-refractivity contribution is 6.07. The lowest BCUT2D eigenvalue weighted by atomic mass is 10.0. The molecule has 1 amide bonds. The van der Waals surface area contributed by atoms with Crippen molar-refractivity contribution >= 4 is 17.7 Å². The first kappa shape index (κ1) is 12.7. The summed E-state index contributed by atoms with van der Waals surface area (Å²) < 4.78 is 0. The third-order valence-corrected chi connectivity index (χ3v) is 3.07. The van der Waals surface area contributed by atoms with Gasteiger partial charge in [0, 0.05) is 25.1 Å². The molecule has 0 aromatic rings. The van der Waals surface area contributed by atoms with E-state index < -0.39 is 17.9 Å². The summed E-state index contributed by atoms with van der Waals surface area (Å²) in [5, 5.41) is 11.7. The average Bonchev–Trinajstić information content (AvgIpc) is 2.78. The standard InChI is InChI=1S/C11H15N3O4/c1-2-3-8(15)6-4-13-5-7(12)10(16)14(13)9(6)11(17)18/h7H,2-5,12H2,1H3,(H,17,18)/t7-/m1/s1. The van der Waals surface area contributed by atoms with Gasteiger partial charge in [0.2, 0.25) is 0 Å². The second-order valence-corrected chi connectivity index (χ2v) is 4.41. The topological polar surface area (TPSA) is 104 Å². The van der Waals surface area contributed by atoms with Crippen molar-refractivity contribution in [2.24, 2.45) is 5.73 Å². The Morgan fingerprint density at radius 2 is 2.17 bits per heavy atom. The van der Waals surface area contributed by atoms with Crippen molar-refractivity contribution < 1.29 is 19.5 Å². The molecule has 2 heterocycles. The molecule has 7 heteroatoms. The predicted molar refractivity (Wildman–Crippen MR) is 61.0 cm³/mol. The van der Waals surface area contributed by atoms with Gasteiger partial charge in [-0.15, -0.1) is 0 Å². The molecule has 0 aromatic heterocycles. The zero-order valence-electron chi connectivity index (χ0n) is 10.0. The lowest BCUT2D eigenvalue weighted by molar-refractivity contribution is -0.143. The fourth-order valence-corrected chi connectivity index (χ4v) is 2.27. The Morgan fingerprint density at radius 1 is 1.50 bits per heavy atom. The molecule has 0 bridgehead atoms. The number of Topliss-reactive ketones (excluding diaryl/α,β-unsaturated/α-hetero) is 1. The molecular formula is C11H15N3O4. The first-order valence-corrected chi connectivity index (χ1v) is 5.81. The van der Waals surface area contributed by atoms with E-state index in [4.69, 9.17) is 5.73 Å². The van der Waals surface area contributed by atoms with Gasteiger partial charge >= 0.3 is 5.97 Å². The lowest BCUT2D eigenvalue weighted by Crippen LogP contribution is -2.37. The van der Waals surface area contributed by atoms with Crippen LogP contribution in [0.5, 0.6) is 0 Å². The number of rotatable bonds is 4. The number of fused-ring (bicyclic) bond motifs is 1. The van der Waals surface area contributed by atoms with E-state index in [-0.39, 0.29) is 36.6 Å². The minimum absolute atomic E-state index is 0.153. The predicted octanol–water partition coefficient (Wildman–Crippen LogP) is -0.906. The van der Waals surface area contributed by atoms with E-state index in [0.29, 0.717) is 6.42 Å². The second-order valence-electron chi connectivity index (χ2n) is 4.41. The minimum Gasteiger partial charge on any atom is -0.477 e. The average molecular weight is 253 g/mol. The van der Waals surface area contributed by atoms with E-state index in [1.54, 1.807) is 0 Å². The molecule has 2 rings (SSSR count). The summed E-state index contributed by atoms with van der Waals surface area (Å²) in [6, 6.07) is -0.720. The van der Waals surface area contributed by atoms with E-state index in [2.05, 4.69) is 0 Å². The van der Waals surface area contributed by atoms with Crippen LogP contribution in [0.25, 0.3) is 0 Å². The molecule has 0 aliphatic carbocycles. The molecule has 1 atom stereocenters. The number of carboxylic acid groups (broad SMARTS) is 1. The van der Waals surface area contributed by atoms with Crippen LogP contribution in [0.4, 0.5) is 0 Å². The van der Waals surface area contributed by atoms with Crippen molar-refractivity contribution in [3.8, 4) is 0 Å². The summed E-state index contributed by atoms with van der Waals surface area (Å²) in [5.74, 6) is -1.95. The Balaban J connectivity index is 2.38. The van der Waals surface area contributed by atoms with Crippen molar-refractivity contribution in [3.63, 3.8) is 0 Å². The summed E-state index contributed by atoms with van der Waals surface area (Å²) in [6.07, 6.45) is 0.927. The number of amides is 1. The largest absolute Gasteiger partial charge is 0.477 e. The van der Waals surface area contributed by atoms with Gasteiger partial charge in [-0.2, -0.15) is 0 Å². The molecule has 0 unspecified atom stereocenters. The van der Waals surface area contributed by atoms with Gasteiger partial charge in [0.15, 0.2) is 11.5 Å². The Morgan fingerprint density at radius 3 is 2.72 bits per heavy atom. The molecule has 0 aromatic carbocycles. The maximum Gasteiger partial charge on any atom is 0.354 e. The highest BCUT2D eigenvalue weighted by atomic mass is 16.4. The molecule has 98 valence electrons. The highest BCUT2D eigenvalue weighted by Gasteiger charge is 2.47. The van der Waals surface area contributed by atoms with Crippen LogP contribution in [0.15, 0.2) is 11.3 Å². The zero-order valence-corrected chi connectivity index (χ0v) is 10.0. The van der Waals surface area contributed by atoms with Gasteiger partial charge in [0.1, 0.15) is 6.04 Å². The molecule has 1 saturated heterocycles. The fraction of sp³-hybridized carbons (Fsp3) is 0.545. The first-order valence-electron chi connectivity index (χ1n) is 5.81. The molecule has 0 spiro atoms. The van der Waals surface area contributed by atoms with Gasteiger partial charge in [-0.05, 0) is 6.42 Å². The van der Waals surface area contributed by atoms with Crippen LogP contribution in [0.3, 0.4) is 0 Å². The van der Waals surface area contributed by atoms with E-state index in [1.165, 1.54) is 5.01 Å². The minimum atomic E-state index is -1.26. The smallest absolute Gasteiger partial charge is 0.354 e. The van der Waals surface area contributed by atoms with Gasteiger partial charge in [0.25, 0.3) is 5.91 Å². The van der Waals surface area contributed by atoms with Crippen molar-refractivity contribution in [2.45, 2.75) is 25.8 Å². The molecule has 18 heavy (non-hydrogen) atoms. The lowest BCUT2D eigenvalue weighted by Gasteiger charge is -2.19. The van der Waals surface area contributed by atoms with E-state index in [9.17, 15) is 19.5 Å². The SMILES string of the molecule is CCCC(=O)C1=C(C(=O)O)N2C(=O)[C@H](N)CN2C1. The van der Waals surface area contributed by atoms with Crippen molar-refractivity contribution in [3.05, 3.63) is 11.3 Å². The number of ketones is 1. The molecule has 3 N–H and O–H groups in total. The molecule has 0 saturated carbocycles. The van der Waals surface area contributed by atoms with E-state index >= 15 is 0 Å². The quantitative estimate of drug-likeness (QED) is 0.672. The molecule has 1 fully saturated rings. The number of nitrogens with two attached hydrogens (primary N) is 1. The third kappa shape index (κ3) is 1.81. The Kier molecular flexibility index (Phi) is 3.18. The molecule has 7 nitrogen and oxygen atoms in total. The van der Waals surface area contributed by atoms with Crippen LogP contribution in [0.2, 0.25) is 0 Å². The number of hydrazine groups is 1. The van der Waals surface area contributed by atoms with Gasteiger partial charge in [0.05, 0.1) is 0 Å².